The third kappa shape index (κ3) is 4.07. The molecule has 0 saturated heterocycles. The van der Waals surface area contributed by atoms with Crippen LogP contribution in [0.4, 0.5) is 0 Å². The highest BCUT2D eigenvalue weighted by molar-refractivity contribution is 6.31. The lowest BCUT2D eigenvalue weighted by molar-refractivity contribution is 0.199. The molecule has 2 rings (SSSR count). The van der Waals surface area contributed by atoms with Gasteiger partial charge in [0.15, 0.2) is 0 Å². The Hall–Kier alpha value is -1.36. The second-order valence-corrected chi connectivity index (χ2v) is 5.11. The maximum absolute atomic E-state index is 6.17. The number of aromatic nitrogens is 2. The molecule has 2 aromatic rings. The average Bonchev–Trinajstić information content (AvgIpc) is 2.78. The van der Waals surface area contributed by atoms with Crippen molar-refractivity contribution in [2.45, 2.75) is 20.0 Å². The van der Waals surface area contributed by atoms with E-state index in [-0.39, 0.29) is 0 Å². The summed E-state index contributed by atoms with van der Waals surface area (Å²) >= 11 is 6.17. The topological polar surface area (TPSA) is 39.1 Å². The van der Waals surface area contributed by atoms with Crippen LogP contribution in [0.2, 0.25) is 5.02 Å². The number of benzene rings is 1. The van der Waals surface area contributed by atoms with E-state index in [0.29, 0.717) is 13.2 Å². The monoisotopic (exact) mass is 293 g/mol. The summed E-state index contributed by atoms with van der Waals surface area (Å²) in [5.41, 5.74) is 3.32. The minimum absolute atomic E-state index is 0.693. The molecule has 5 heteroatoms. The second-order valence-electron chi connectivity index (χ2n) is 4.70. The summed E-state index contributed by atoms with van der Waals surface area (Å²) in [6.45, 7) is 5.07. The minimum Gasteiger partial charge on any atom is -0.383 e. The van der Waals surface area contributed by atoms with Crippen molar-refractivity contribution < 1.29 is 4.74 Å². The highest BCUT2D eigenvalue weighted by atomic mass is 35.5. The van der Waals surface area contributed by atoms with Crippen LogP contribution in [0.5, 0.6) is 0 Å². The maximum atomic E-state index is 6.17. The van der Waals surface area contributed by atoms with Crippen LogP contribution in [-0.4, -0.2) is 30.0 Å². The van der Waals surface area contributed by atoms with Gasteiger partial charge < -0.3 is 10.1 Å². The first-order valence-electron chi connectivity index (χ1n) is 6.66. The number of nitrogens with zero attached hydrogens (tertiary/aromatic N) is 2. The first kappa shape index (κ1) is 15.0. The molecular formula is C15H20ClN3O. The molecule has 108 valence electrons. The van der Waals surface area contributed by atoms with Crippen LogP contribution >= 0.6 is 11.6 Å². The predicted molar refractivity (Wildman–Crippen MR) is 81.1 cm³/mol. The van der Waals surface area contributed by atoms with Crippen molar-refractivity contribution in [3.63, 3.8) is 0 Å². The van der Waals surface area contributed by atoms with E-state index in [2.05, 4.69) is 16.6 Å². The van der Waals surface area contributed by atoms with E-state index < -0.39 is 0 Å². The second kappa shape index (κ2) is 7.43. The van der Waals surface area contributed by atoms with E-state index in [1.165, 1.54) is 5.56 Å². The van der Waals surface area contributed by atoms with E-state index in [0.717, 1.165) is 29.4 Å². The van der Waals surface area contributed by atoms with Gasteiger partial charge in [0.2, 0.25) is 0 Å². The van der Waals surface area contributed by atoms with Crippen molar-refractivity contribution >= 4 is 11.6 Å². The van der Waals surface area contributed by atoms with Crippen LogP contribution in [0.1, 0.15) is 16.8 Å². The predicted octanol–water partition coefficient (Wildman–Crippen LogP) is 2.63. The Bertz CT molecular complexity index is 554. The number of rotatable bonds is 7. The van der Waals surface area contributed by atoms with E-state index in [9.17, 15) is 0 Å². The molecule has 1 aromatic carbocycles. The Morgan fingerprint density at radius 3 is 2.85 bits per heavy atom. The molecule has 0 unspecified atom stereocenters. The lowest BCUT2D eigenvalue weighted by Crippen LogP contribution is -2.18. The number of nitrogens with one attached hydrogen (secondary N) is 1. The van der Waals surface area contributed by atoms with Crippen LogP contribution in [0.3, 0.4) is 0 Å². The number of aryl methyl sites for hydroxylation is 1. The van der Waals surface area contributed by atoms with Crippen LogP contribution in [0.15, 0.2) is 30.5 Å². The summed E-state index contributed by atoms with van der Waals surface area (Å²) in [7, 11) is 1.70. The molecule has 0 bridgehead atoms. The summed E-state index contributed by atoms with van der Waals surface area (Å²) in [4.78, 5) is 0. The number of hydrogen-bond acceptors (Lipinski definition) is 3. The summed E-state index contributed by atoms with van der Waals surface area (Å²) < 4.78 is 6.94. The summed E-state index contributed by atoms with van der Waals surface area (Å²) in [5.74, 6) is 0. The Morgan fingerprint density at radius 1 is 1.30 bits per heavy atom. The van der Waals surface area contributed by atoms with Gasteiger partial charge >= 0.3 is 0 Å². The molecule has 0 aliphatic carbocycles. The molecule has 1 heterocycles. The van der Waals surface area contributed by atoms with Gasteiger partial charge in [-0.2, -0.15) is 5.10 Å². The summed E-state index contributed by atoms with van der Waals surface area (Å²) in [6.07, 6.45) is 2.07. The fourth-order valence-corrected chi connectivity index (χ4v) is 2.21. The van der Waals surface area contributed by atoms with Crippen molar-refractivity contribution in [3.05, 3.63) is 52.3 Å². The fourth-order valence-electron chi connectivity index (χ4n) is 2.01. The SMILES string of the molecule is COCCNCc1cn(Cc2ccccc2Cl)nc1C. The van der Waals surface area contributed by atoms with Gasteiger partial charge in [0.1, 0.15) is 0 Å². The fraction of sp³-hybridized carbons (Fsp3) is 0.400. The molecule has 0 atom stereocenters. The van der Waals surface area contributed by atoms with Crippen LogP contribution in [0.25, 0.3) is 0 Å². The third-order valence-electron chi connectivity index (χ3n) is 3.14. The van der Waals surface area contributed by atoms with Crippen molar-refractivity contribution in [3.8, 4) is 0 Å². The average molecular weight is 294 g/mol. The zero-order valence-electron chi connectivity index (χ0n) is 11.9. The highest BCUT2D eigenvalue weighted by Gasteiger charge is 2.06. The standard InChI is InChI=1S/C15H20ClN3O/c1-12-14(9-17-7-8-20-2)11-19(18-12)10-13-5-3-4-6-15(13)16/h3-6,11,17H,7-10H2,1-2H3. The largest absolute Gasteiger partial charge is 0.383 e. The molecule has 1 aromatic heterocycles. The Morgan fingerprint density at radius 2 is 2.10 bits per heavy atom. The van der Waals surface area contributed by atoms with Gasteiger partial charge in [-0.1, -0.05) is 29.8 Å². The Labute approximate surface area is 124 Å². The summed E-state index contributed by atoms with van der Waals surface area (Å²) in [5, 5.41) is 8.64. The number of halogens is 1. The van der Waals surface area contributed by atoms with Gasteiger partial charge in [-0.3, -0.25) is 4.68 Å². The first-order chi connectivity index (χ1) is 9.70. The normalized spacial score (nSPS) is 10.9. The molecule has 1 N–H and O–H groups in total. The highest BCUT2D eigenvalue weighted by Crippen LogP contribution is 2.16. The molecule has 20 heavy (non-hydrogen) atoms. The number of methoxy groups -OCH3 is 1. The van der Waals surface area contributed by atoms with Crippen LogP contribution in [-0.2, 0) is 17.8 Å². The zero-order valence-corrected chi connectivity index (χ0v) is 12.7. The minimum atomic E-state index is 0.693. The molecule has 0 amide bonds. The molecular weight excluding hydrogens is 274 g/mol. The van der Waals surface area contributed by atoms with Gasteiger partial charge in [-0.25, -0.2) is 0 Å². The Balaban J connectivity index is 1.98. The van der Waals surface area contributed by atoms with Crippen molar-refractivity contribution in [1.82, 2.24) is 15.1 Å². The number of ether oxygens (including phenoxy) is 1. The van der Waals surface area contributed by atoms with Gasteiger partial charge in [-0.15, -0.1) is 0 Å². The van der Waals surface area contributed by atoms with Crippen molar-refractivity contribution in [2.75, 3.05) is 20.3 Å². The molecule has 0 saturated carbocycles. The van der Waals surface area contributed by atoms with Gasteiger partial charge in [0.25, 0.3) is 0 Å². The maximum Gasteiger partial charge on any atom is 0.0674 e. The molecule has 0 spiro atoms. The molecule has 0 aliphatic heterocycles. The van der Waals surface area contributed by atoms with E-state index in [4.69, 9.17) is 16.3 Å². The molecule has 0 radical (unpaired) electrons. The first-order valence-corrected chi connectivity index (χ1v) is 7.04. The number of hydrogen-bond donors (Lipinski definition) is 1. The quantitative estimate of drug-likeness (QED) is 0.798. The van der Waals surface area contributed by atoms with E-state index >= 15 is 0 Å². The van der Waals surface area contributed by atoms with E-state index in [1.54, 1.807) is 7.11 Å². The molecule has 4 nitrogen and oxygen atoms in total. The third-order valence-corrected chi connectivity index (χ3v) is 3.51. The van der Waals surface area contributed by atoms with Gasteiger partial charge in [0.05, 0.1) is 18.8 Å². The smallest absolute Gasteiger partial charge is 0.0674 e. The van der Waals surface area contributed by atoms with Gasteiger partial charge in [-0.05, 0) is 18.6 Å². The zero-order chi connectivity index (χ0) is 14.4. The van der Waals surface area contributed by atoms with Crippen molar-refractivity contribution in [2.24, 2.45) is 0 Å². The van der Waals surface area contributed by atoms with Crippen LogP contribution < -0.4 is 5.32 Å². The van der Waals surface area contributed by atoms with Gasteiger partial charge in [0, 0.05) is 37.0 Å². The Kier molecular flexibility index (Phi) is 5.59. The van der Waals surface area contributed by atoms with E-state index in [1.807, 2.05) is 35.9 Å². The molecule has 0 fully saturated rings. The lowest BCUT2D eigenvalue weighted by Gasteiger charge is -2.04. The molecule has 0 aliphatic rings. The van der Waals surface area contributed by atoms with Crippen molar-refractivity contribution in [1.29, 1.82) is 0 Å². The lowest BCUT2D eigenvalue weighted by atomic mass is 10.2. The van der Waals surface area contributed by atoms with Crippen LogP contribution in [0, 0.1) is 6.92 Å². The summed E-state index contributed by atoms with van der Waals surface area (Å²) in [6, 6.07) is 7.85.